The van der Waals surface area contributed by atoms with E-state index in [-0.39, 0.29) is 18.0 Å². The highest BCUT2D eigenvalue weighted by Gasteiger charge is 2.20. The van der Waals surface area contributed by atoms with Crippen molar-refractivity contribution in [3.8, 4) is 0 Å². The first-order chi connectivity index (χ1) is 9.10. The minimum atomic E-state index is -1.03. The van der Waals surface area contributed by atoms with Crippen LogP contribution in [0.4, 0.5) is 0 Å². The molecule has 0 spiro atoms. The molecular formula is C12H18N4O3. The molecule has 7 nitrogen and oxygen atoms in total. The van der Waals surface area contributed by atoms with Gasteiger partial charge in [-0.3, -0.25) is 9.48 Å². The number of nitrogens with zero attached hydrogens (tertiary/aromatic N) is 4. The SMILES string of the molecule is CCN1CCN(C(=O)Cn2cc(C(=O)O)cn2)CC1. The lowest BCUT2D eigenvalue weighted by molar-refractivity contribution is -0.133. The Morgan fingerprint density at radius 2 is 2.00 bits per heavy atom. The first kappa shape index (κ1) is 13.5. The summed E-state index contributed by atoms with van der Waals surface area (Å²) < 4.78 is 1.37. The first-order valence-electron chi connectivity index (χ1n) is 6.36. The van der Waals surface area contributed by atoms with E-state index >= 15 is 0 Å². The molecule has 1 aliphatic rings. The predicted octanol–water partition coefficient (Wildman–Crippen LogP) is -0.255. The third-order valence-corrected chi connectivity index (χ3v) is 3.35. The van der Waals surface area contributed by atoms with Crippen LogP contribution in [-0.2, 0) is 11.3 Å². The molecule has 1 saturated heterocycles. The van der Waals surface area contributed by atoms with E-state index in [1.165, 1.54) is 17.1 Å². The van der Waals surface area contributed by atoms with E-state index in [0.29, 0.717) is 0 Å². The average Bonchev–Trinajstić information content (AvgIpc) is 2.87. The normalized spacial score (nSPS) is 16.6. The Kier molecular flexibility index (Phi) is 4.16. The van der Waals surface area contributed by atoms with Gasteiger partial charge in [0.05, 0.1) is 11.8 Å². The summed E-state index contributed by atoms with van der Waals surface area (Å²) in [5.41, 5.74) is 0.101. The van der Waals surface area contributed by atoms with Gasteiger partial charge in [0, 0.05) is 32.4 Å². The Morgan fingerprint density at radius 1 is 1.32 bits per heavy atom. The fraction of sp³-hybridized carbons (Fsp3) is 0.583. The van der Waals surface area contributed by atoms with Crippen LogP contribution in [-0.4, -0.2) is 69.3 Å². The highest BCUT2D eigenvalue weighted by atomic mass is 16.4. The van der Waals surface area contributed by atoms with Crippen LogP contribution in [0.5, 0.6) is 0 Å². The van der Waals surface area contributed by atoms with Crippen molar-refractivity contribution >= 4 is 11.9 Å². The van der Waals surface area contributed by atoms with Crippen molar-refractivity contribution in [2.24, 2.45) is 0 Å². The molecule has 2 heterocycles. The number of carboxylic acid groups (broad SMARTS) is 1. The lowest BCUT2D eigenvalue weighted by Crippen LogP contribution is -2.49. The van der Waals surface area contributed by atoms with Gasteiger partial charge in [0.15, 0.2) is 0 Å². The van der Waals surface area contributed by atoms with Gasteiger partial charge in [-0.25, -0.2) is 4.79 Å². The van der Waals surface area contributed by atoms with Crippen LogP contribution in [0.1, 0.15) is 17.3 Å². The smallest absolute Gasteiger partial charge is 0.338 e. The Labute approximate surface area is 111 Å². The Morgan fingerprint density at radius 3 is 2.53 bits per heavy atom. The predicted molar refractivity (Wildman–Crippen MR) is 67.9 cm³/mol. The molecule has 1 fully saturated rings. The molecule has 104 valence electrons. The van der Waals surface area contributed by atoms with Crippen LogP contribution in [0.2, 0.25) is 0 Å². The molecule has 0 atom stereocenters. The van der Waals surface area contributed by atoms with Gasteiger partial charge >= 0.3 is 5.97 Å². The molecule has 1 aromatic rings. The molecule has 2 rings (SSSR count). The number of carbonyl (C=O) groups is 2. The molecule has 7 heteroatoms. The zero-order valence-corrected chi connectivity index (χ0v) is 10.9. The number of hydrogen-bond donors (Lipinski definition) is 1. The number of rotatable bonds is 4. The molecule has 0 aromatic carbocycles. The van der Waals surface area contributed by atoms with Crippen molar-refractivity contribution in [1.29, 1.82) is 0 Å². The second kappa shape index (κ2) is 5.83. The highest BCUT2D eigenvalue weighted by molar-refractivity contribution is 5.87. The number of aromatic nitrogens is 2. The molecule has 0 unspecified atom stereocenters. The number of carboxylic acids is 1. The molecule has 0 radical (unpaired) electrons. The summed E-state index contributed by atoms with van der Waals surface area (Å²) in [7, 11) is 0. The van der Waals surface area contributed by atoms with Crippen molar-refractivity contribution in [3.05, 3.63) is 18.0 Å². The maximum Gasteiger partial charge on any atom is 0.338 e. The number of carbonyl (C=O) groups excluding carboxylic acids is 1. The van der Waals surface area contributed by atoms with E-state index in [1.54, 1.807) is 4.90 Å². The summed E-state index contributed by atoms with van der Waals surface area (Å²) >= 11 is 0. The van der Waals surface area contributed by atoms with Crippen molar-refractivity contribution in [3.63, 3.8) is 0 Å². The van der Waals surface area contributed by atoms with Crippen LogP contribution < -0.4 is 0 Å². The Bertz CT molecular complexity index is 463. The molecule has 0 bridgehead atoms. The quantitative estimate of drug-likeness (QED) is 0.812. The number of likely N-dealkylation sites (N-methyl/N-ethyl adjacent to an activating group) is 1. The fourth-order valence-electron chi connectivity index (χ4n) is 2.11. The average molecular weight is 266 g/mol. The van der Waals surface area contributed by atoms with Gasteiger partial charge in [-0.05, 0) is 6.54 Å². The van der Waals surface area contributed by atoms with Gasteiger partial charge in [0.25, 0.3) is 0 Å². The van der Waals surface area contributed by atoms with Crippen molar-refractivity contribution in [1.82, 2.24) is 19.6 Å². The van der Waals surface area contributed by atoms with E-state index in [1.807, 2.05) is 0 Å². The largest absolute Gasteiger partial charge is 0.478 e. The minimum absolute atomic E-state index is 0.0178. The third-order valence-electron chi connectivity index (χ3n) is 3.35. The van der Waals surface area contributed by atoms with Crippen molar-refractivity contribution in [2.45, 2.75) is 13.5 Å². The number of piperazine rings is 1. The molecule has 1 amide bonds. The topological polar surface area (TPSA) is 78.7 Å². The number of hydrogen-bond acceptors (Lipinski definition) is 4. The fourth-order valence-corrected chi connectivity index (χ4v) is 2.11. The minimum Gasteiger partial charge on any atom is -0.478 e. The summed E-state index contributed by atoms with van der Waals surface area (Å²) in [6.45, 7) is 6.43. The van der Waals surface area contributed by atoms with E-state index in [0.717, 1.165) is 32.7 Å². The van der Waals surface area contributed by atoms with E-state index in [9.17, 15) is 9.59 Å². The molecule has 19 heavy (non-hydrogen) atoms. The van der Waals surface area contributed by atoms with Gasteiger partial charge in [0.2, 0.25) is 5.91 Å². The summed E-state index contributed by atoms with van der Waals surface area (Å²) in [5.74, 6) is -1.05. The number of amides is 1. The Balaban J connectivity index is 1.88. The van der Waals surface area contributed by atoms with E-state index in [4.69, 9.17) is 5.11 Å². The van der Waals surface area contributed by atoms with Gasteiger partial charge in [-0.2, -0.15) is 5.10 Å². The molecule has 0 saturated carbocycles. The lowest BCUT2D eigenvalue weighted by Gasteiger charge is -2.34. The van der Waals surface area contributed by atoms with E-state index in [2.05, 4.69) is 16.9 Å². The molecule has 0 aliphatic carbocycles. The standard InChI is InChI=1S/C12H18N4O3/c1-2-14-3-5-15(6-4-14)11(17)9-16-8-10(7-13-16)12(18)19/h7-8H,2-6,9H2,1H3,(H,18,19). The van der Waals surface area contributed by atoms with Crippen LogP contribution in [0.15, 0.2) is 12.4 Å². The second-order valence-corrected chi connectivity index (χ2v) is 4.55. The van der Waals surface area contributed by atoms with Crippen LogP contribution >= 0.6 is 0 Å². The van der Waals surface area contributed by atoms with Crippen LogP contribution in [0, 0.1) is 0 Å². The lowest BCUT2D eigenvalue weighted by atomic mass is 10.3. The summed E-state index contributed by atoms with van der Waals surface area (Å²) in [5, 5.41) is 12.7. The second-order valence-electron chi connectivity index (χ2n) is 4.55. The summed E-state index contributed by atoms with van der Waals surface area (Å²) in [6, 6.07) is 0. The monoisotopic (exact) mass is 266 g/mol. The molecule has 1 aliphatic heterocycles. The van der Waals surface area contributed by atoms with Gasteiger partial charge < -0.3 is 14.9 Å². The maximum absolute atomic E-state index is 12.0. The van der Waals surface area contributed by atoms with E-state index < -0.39 is 5.97 Å². The third kappa shape index (κ3) is 3.31. The van der Waals surface area contributed by atoms with Crippen LogP contribution in [0.3, 0.4) is 0 Å². The Hall–Kier alpha value is -1.89. The summed E-state index contributed by atoms with van der Waals surface area (Å²) in [4.78, 5) is 26.8. The zero-order chi connectivity index (χ0) is 13.8. The molecular weight excluding hydrogens is 248 g/mol. The molecule has 1 aromatic heterocycles. The van der Waals surface area contributed by atoms with Gasteiger partial charge in [0.1, 0.15) is 6.54 Å². The van der Waals surface area contributed by atoms with Crippen LogP contribution in [0.25, 0.3) is 0 Å². The van der Waals surface area contributed by atoms with Gasteiger partial charge in [-0.15, -0.1) is 0 Å². The zero-order valence-electron chi connectivity index (χ0n) is 10.9. The van der Waals surface area contributed by atoms with Crippen molar-refractivity contribution < 1.29 is 14.7 Å². The maximum atomic E-state index is 12.0. The van der Waals surface area contributed by atoms with Crippen molar-refractivity contribution in [2.75, 3.05) is 32.7 Å². The first-order valence-corrected chi connectivity index (χ1v) is 6.36. The molecule has 1 N–H and O–H groups in total. The number of aromatic carboxylic acids is 1. The summed E-state index contributed by atoms with van der Waals surface area (Å²) in [6.07, 6.45) is 2.63. The van der Waals surface area contributed by atoms with Gasteiger partial charge in [-0.1, -0.05) is 6.92 Å². The highest BCUT2D eigenvalue weighted by Crippen LogP contribution is 2.04.